The fourth-order valence-corrected chi connectivity index (χ4v) is 2.52. The standard InChI is InChI=1S/C20H17BrN4/c1-14-4-7-16-12-15(5-9-18(16)23-14)6-10-19-17(21)8-11-20(24-19)22-13-25(2)3/h4-5,7-9,11-13H,1-3H3. The van der Waals surface area contributed by atoms with Crippen molar-refractivity contribution in [1.29, 1.82) is 0 Å². The molecular weight excluding hydrogens is 376 g/mol. The summed E-state index contributed by atoms with van der Waals surface area (Å²) in [5.74, 6) is 6.91. The van der Waals surface area contributed by atoms with Gasteiger partial charge in [-0.05, 0) is 65.2 Å². The second kappa shape index (κ2) is 7.45. The molecular formula is C20H17BrN4. The van der Waals surface area contributed by atoms with Crippen LogP contribution in [0.4, 0.5) is 5.82 Å². The zero-order chi connectivity index (χ0) is 17.8. The lowest BCUT2D eigenvalue weighted by molar-refractivity contribution is 0.643. The number of hydrogen-bond acceptors (Lipinski definition) is 3. The molecule has 0 amide bonds. The van der Waals surface area contributed by atoms with E-state index >= 15 is 0 Å². The van der Waals surface area contributed by atoms with Gasteiger partial charge < -0.3 is 4.90 Å². The van der Waals surface area contributed by atoms with Crippen LogP contribution in [-0.2, 0) is 0 Å². The maximum atomic E-state index is 4.51. The van der Waals surface area contributed by atoms with Crippen LogP contribution in [0.5, 0.6) is 0 Å². The normalized spacial score (nSPS) is 10.7. The number of nitrogens with zero attached hydrogens (tertiary/aromatic N) is 4. The summed E-state index contributed by atoms with van der Waals surface area (Å²) in [6.45, 7) is 1.99. The topological polar surface area (TPSA) is 41.4 Å². The molecule has 0 radical (unpaired) electrons. The molecule has 0 bridgehead atoms. The van der Waals surface area contributed by atoms with Gasteiger partial charge in [0.15, 0.2) is 5.82 Å². The smallest absolute Gasteiger partial charge is 0.155 e. The highest BCUT2D eigenvalue weighted by Crippen LogP contribution is 2.19. The highest BCUT2D eigenvalue weighted by atomic mass is 79.9. The van der Waals surface area contributed by atoms with Gasteiger partial charge in [-0.25, -0.2) is 9.98 Å². The number of fused-ring (bicyclic) bond motifs is 1. The molecule has 0 aliphatic rings. The molecule has 0 atom stereocenters. The van der Waals surface area contributed by atoms with Gasteiger partial charge in [0.25, 0.3) is 0 Å². The van der Waals surface area contributed by atoms with E-state index in [-0.39, 0.29) is 0 Å². The van der Waals surface area contributed by atoms with E-state index in [4.69, 9.17) is 0 Å². The summed E-state index contributed by atoms with van der Waals surface area (Å²) >= 11 is 3.49. The second-order valence-corrected chi connectivity index (χ2v) is 6.67. The molecule has 0 unspecified atom stereocenters. The molecule has 0 N–H and O–H groups in total. The Hall–Kier alpha value is -2.71. The van der Waals surface area contributed by atoms with E-state index in [0.29, 0.717) is 11.5 Å². The van der Waals surface area contributed by atoms with Crippen molar-refractivity contribution in [3.05, 3.63) is 63.9 Å². The van der Waals surface area contributed by atoms with Crippen LogP contribution in [0.15, 0.2) is 51.9 Å². The van der Waals surface area contributed by atoms with Gasteiger partial charge in [0.05, 0.1) is 16.3 Å². The summed E-state index contributed by atoms with van der Waals surface area (Å²) in [6, 6.07) is 13.8. The van der Waals surface area contributed by atoms with Gasteiger partial charge in [-0.1, -0.05) is 12.0 Å². The maximum Gasteiger partial charge on any atom is 0.155 e. The van der Waals surface area contributed by atoms with Crippen molar-refractivity contribution < 1.29 is 0 Å². The van der Waals surface area contributed by atoms with E-state index in [2.05, 4.69) is 48.8 Å². The predicted octanol–water partition coefficient (Wildman–Crippen LogP) is 4.32. The van der Waals surface area contributed by atoms with E-state index in [1.807, 2.05) is 62.3 Å². The third kappa shape index (κ3) is 4.43. The fraction of sp³-hybridized carbons (Fsp3) is 0.150. The van der Waals surface area contributed by atoms with E-state index < -0.39 is 0 Å². The SMILES string of the molecule is Cc1ccc2cc(C#Cc3nc(N=CN(C)C)ccc3Br)ccc2n1. The summed E-state index contributed by atoms with van der Waals surface area (Å²) < 4.78 is 0.849. The number of aryl methyl sites for hydroxylation is 1. The second-order valence-electron chi connectivity index (χ2n) is 5.82. The first-order chi connectivity index (χ1) is 12.0. The number of pyridine rings is 2. The van der Waals surface area contributed by atoms with Crippen molar-refractivity contribution in [3.8, 4) is 11.8 Å². The average molecular weight is 393 g/mol. The van der Waals surface area contributed by atoms with Crippen LogP contribution < -0.4 is 0 Å². The van der Waals surface area contributed by atoms with Crippen LogP contribution in [0.1, 0.15) is 17.0 Å². The first-order valence-electron chi connectivity index (χ1n) is 7.78. The molecule has 1 aromatic carbocycles. The Morgan fingerprint density at radius 2 is 1.88 bits per heavy atom. The molecule has 0 aliphatic heterocycles. The molecule has 124 valence electrons. The maximum absolute atomic E-state index is 4.51. The van der Waals surface area contributed by atoms with Gasteiger partial charge in [-0.3, -0.25) is 4.98 Å². The van der Waals surface area contributed by atoms with Crippen LogP contribution in [0.2, 0.25) is 0 Å². The molecule has 0 spiro atoms. The molecule has 2 heterocycles. The highest BCUT2D eigenvalue weighted by Gasteiger charge is 2.01. The van der Waals surface area contributed by atoms with Crippen LogP contribution in [0, 0.1) is 18.8 Å². The number of aliphatic imine (C=N–C) groups is 1. The lowest BCUT2D eigenvalue weighted by Crippen LogP contribution is -2.07. The van der Waals surface area contributed by atoms with Gasteiger partial charge in [-0.15, -0.1) is 0 Å². The Kier molecular flexibility index (Phi) is 5.11. The largest absolute Gasteiger partial charge is 0.369 e. The number of halogens is 1. The van der Waals surface area contributed by atoms with Crippen molar-refractivity contribution >= 4 is 39.0 Å². The molecule has 2 aromatic heterocycles. The van der Waals surface area contributed by atoms with Crippen LogP contribution in [0.3, 0.4) is 0 Å². The van der Waals surface area contributed by atoms with Crippen LogP contribution in [-0.4, -0.2) is 35.3 Å². The van der Waals surface area contributed by atoms with Crippen LogP contribution >= 0.6 is 15.9 Å². The zero-order valence-corrected chi connectivity index (χ0v) is 15.9. The summed E-state index contributed by atoms with van der Waals surface area (Å²) in [4.78, 5) is 15.1. The van der Waals surface area contributed by atoms with Crippen molar-refractivity contribution in [2.75, 3.05) is 14.1 Å². The third-order valence-electron chi connectivity index (χ3n) is 3.41. The summed E-state index contributed by atoms with van der Waals surface area (Å²) in [5.41, 5.74) is 3.57. The number of aromatic nitrogens is 2. The Balaban J connectivity index is 1.92. The van der Waals surface area contributed by atoms with Gasteiger partial charge >= 0.3 is 0 Å². The summed E-state index contributed by atoms with van der Waals surface area (Å²) in [7, 11) is 3.83. The van der Waals surface area contributed by atoms with E-state index in [1.54, 1.807) is 6.34 Å². The minimum atomic E-state index is 0.624. The zero-order valence-electron chi connectivity index (χ0n) is 14.3. The lowest BCUT2D eigenvalue weighted by atomic mass is 10.1. The molecule has 4 nitrogen and oxygen atoms in total. The monoisotopic (exact) mass is 392 g/mol. The summed E-state index contributed by atoms with van der Waals surface area (Å²) in [6.07, 6.45) is 1.71. The Labute approximate surface area is 155 Å². The summed E-state index contributed by atoms with van der Waals surface area (Å²) in [5, 5.41) is 1.08. The average Bonchev–Trinajstić information content (AvgIpc) is 2.59. The van der Waals surface area contributed by atoms with Crippen LogP contribution in [0.25, 0.3) is 10.9 Å². The molecule has 3 aromatic rings. The molecule has 0 saturated carbocycles. The highest BCUT2D eigenvalue weighted by molar-refractivity contribution is 9.10. The molecule has 5 heteroatoms. The molecule has 25 heavy (non-hydrogen) atoms. The minimum Gasteiger partial charge on any atom is -0.369 e. The van der Waals surface area contributed by atoms with Gasteiger partial charge in [-0.2, -0.15) is 0 Å². The van der Waals surface area contributed by atoms with Gasteiger partial charge in [0.2, 0.25) is 0 Å². The van der Waals surface area contributed by atoms with Gasteiger partial charge in [0.1, 0.15) is 5.69 Å². The number of rotatable bonds is 2. The minimum absolute atomic E-state index is 0.624. The van der Waals surface area contributed by atoms with Crippen molar-refractivity contribution in [2.24, 2.45) is 4.99 Å². The van der Waals surface area contributed by atoms with Crippen molar-refractivity contribution in [2.45, 2.75) is 6.92 Å². The molecule has 3 rings (SSSR count). The first kappa shape index (κ1) is 17.1. The molecule has 0 fully saturated rings. The Bertz CT molecular complexity index is 1010. The number of hydrogen-bond donors (Lipinski definition) is 0. The van der Waals surface area contributed by atoms with Crippen molar-refractivity contribution in [1.82, 2.24) is 14.9 Å². The van der Waals surface area contributed by atoms with E-state index in [1.165, 1.54) is 0 Å². The Morgan fingerprint density at radius 3 is 2.68 bits per heavy atom. The lowest BCUT2D eigenvalue weighted by Gasteiger charge is -2.02. The van der Waals surface area contributed by atoms with E-state index in [0.717, 1.165) is 26.6 Å². The van der Waals surface area contributed by atoms with Crippen molar-refractivity contribution in [3.63, 3.8) is 0 Å². The quantitative estimate of drug-likeness (QED) is 0.370. The molecule has 0 aliphatic carbocycles. The number of benzene rings is 1. The van der Waals surface area contributed by atoms with E-state index in [9.17, 15) is 0 Å². The Morgan fingerprint density at radius 1 is 1.04 bits per heavy atom. The first-order valence-corrected chi connectivity index (χ1v) is 8.57. The molecule has 0 saturated heterocycles. The predicted molar refractivity (Wildman–Crippen MR) is 106 cm³/mol. The van der Waals surface area contributed by atoms with Gasteiger partial charge in [0, 0.05) is 30.7 Å². The fourth-order valence-electron chi connectivity index (χ4n) is 2.20. The third-order valence-corrected chi connectivity index (χ3v) is 4.05.